The van der Waals surface area contributed by atoms with Crippen LogP contribution in [0.3, 0.4) is 0 Å². The molecule has 0 bridgehead atoms. The topological polar surface area (TPSA) is 26.0 Å². The van der Waals surface area contributed by atoms with Gasteiger partial charge >= 0.3 is 0 Å². The molecule has 1 fully saturated rings. The molecule has 1 saturated carbocycles. The van der Waals surface area contributed by atoms with Gasteiger partial charge in [-0.15, -0.1) is 0 Å². The Morgan fingerprint density at radius 2 is 1.57 bits per heavy atom. The van der Waals surface area contributed by atoms with Crippen molar-refractivity contribution in [1.82, 2.24) is 0 Å². The maximum atomic E-state index is 6.36. The van der Waals surface area contributed by atoms with E-state index in [1.165, 1.54) is 24.0 Å². The molecule has 2 heteroatoms. The predicted molar refractivity (Wildman–Crippen MR) is 92.5 cm³/mol. The largest absolute Gasteiger partial charge is 0.327 e. The third-order valence-corrected chi connectivity index (χ3v) is 5.89. The lowest BCUT2D eigenvalue weighted by atomic mass is 9.82. The molecule has 2 N–H and O–H groups in total. The molecule has 3 atom stereocenters. The molecule has 0 radical (unpaired) electrons. The van der Waals surface area contributed by atoms with E-state index in [1.54, 1.807) is 0 Å². The predicted octanol–water partition coefficient (Wildman–Crippen LogP) is 4.58. The van der Waals surface area contributed by atoms with Crippen LogP contribution in [0.4, 0.5) is 0 Å². The van der Waals surface area contributed by atoms with E-state index in [2.05, 4.69) is 60.7 Å². The summed E-state index contributed by atoms with van der Waals surface area (Å²) in [6, 6.07) is 22.0. The van der Waals surface area contributed by atoms with Crippen LogP contribution in [0.2, 0.25) is 0 Å². The van der Waals surface area contributed by atoms with Crippen molar-refractivity contribution in [2.75, 3.05) is 0 Å². The minimum atomic E-state index is 0.346. The van der Waals surface area contributed by atoms with Crippen LogP contribution in [0.25, 0.3) is 0 Å². The Bertz CT molecular complexity index is 540. The highest BCUT2D eigenvalue weighted by molar-refractivity contribution is 7.99. The first-order valence-corrected chi connectivity index (χ1v) is 8.84. The van der Waals surface area contributed by atoms with Gasteiger partial charge in [-0.25, -0.2) is 0 Å². The molecule has 110 valence electrons. The van der Waals surface area contributed by atoms with E-state index in [0.29, 0.717) is 17.2 Å². The smallest absolute Gasteiger partial charge is 0.0208 e. The van der Waals surface area contributed by atoms with Gasteiger partial charge in [0.15, 0.2) is 0 Å². The summed E-state index contributed by atoms with van der Waals surface area (Å²) in [6.45, 7) is 0. The van der Waals surface area contributed by atoms with Crippen LogP contribution < -0.4 is 5.73 Å². The molecular formula is C19H23NS. The van der Waals surface area contributed by atoms with Crippen LogP contribution in [-0.4, -0.2) is 11.3 Å². The SMILES string of the molecule is NC1CCC(c2ccccc2)CC1SCc1ccccc1. The third-order valence-electron chi connectivity index (χ3n) is 4.42. The molecule has 0 aliphatic heterocycles. The van der Waals surface area contributed by atoms with E-state index in [9.17, 15) is 0 Å². The number of benzene rings is 2. The number of hydrogen-bond donors (Lipinski definition) is 1. The van der Waals surface area contributed by atoms with E-state index in [1.807, 2.05) is 11.8 Å². The Kier molecular flexibility index (Phi) is 5.00. The van der Waals surface area contributed by atoms with Gasteiger partial charge in [0.05, 0.1) is 0 Å². The van der Waals surface area contributed by atoms with Gasteiger partial charge in [0.1, 0.15) is 0 Å². The summed E-state index contributed by atoms with van der Waals surface area (Å²) in [5.41, 5.74) is 9.24. The second-order valence-corrected chi connectivity index (χ2v) is 7.15. The zero-order valence-electron chi connectivity index (χ0n) is 12.3. The number of nitrogens with two attached hydrogens (primary N) is 1. The number of hydrogen-bond acceptors (Lipinski definition) is 2. The molecule has 0 heterocycles. The fourth-order valence-electron chi connectivity index (χ4n) is 3.15. The van der Waals surface area contributed by atoms with Gasteiger partial charge in [-0.1, -0.05) is 60.7 Å². The quantitative estimate of drug-likeness (QED) is 0.893. The summed E-state index contributed by atoms with van der Waals surface area (Å²) >= 11 is 2.03. The number of thioether (sulfide) groups is 1. The first kappa shape index (κ1) is 14.7. The molecule has 3 rings (SSSR count). The highest BCUT2D eigenvalue weighted by atomic mass is 32.2. The Balaban J connectivity index is 1.61. The minimum absolute atomic E-state index is 0.346. The van der Waals surface area contributed by atoms with Crippen LogP contribution >= 0.6 is 11.8 Å². The summed E-state index contributed by atoms with van der Waals surface area (Å²) in [5, 5.41) is 0.573. The normalized spacial score (nSPS) is 25.7. The first-order valence-electron chi connectivity index (χ1n) is 7.79. The maximum absolute atomic E-state index is 6.36. The molecule has 0 spiro atoms. The van der Waals surface area contributed by atoms with Gasteiger partial charge in [0.2, 0.25) is 0 Å². The summed E-state index contributed by atoms with van der Waals surface area (Å²) in [4.78, 5) is 0. The molecule has 3 unspecified atom stereocenters. The second kappa shape index (κ2) is 7.15. The monoisotopic (exact) mass is 297 g/mol. The molecule has 0 saturated heterocycles. The van der Waals surface area contributed by atoms with Crippen LogP contribution in [0.5, 0.6) is 0 Å². The lowest BCUT2D eigenvalue weighted by Crippen LogP contribution is -2.37. The van der Waals surface area contributed by atoms with E-state index < -0.39 is 0 Å². The number of rotatable bonds is 4. The highest BCUT2D eigenvalue weighted by Crippen LogP contribution is 2.38. The molecule has 1 nitrogen and oxygen atoms in total. The fraction of sp³-hybridized carbons (Fsp3) is 0.368. The lowest BCUT2D eigenvalue weighted by molar-refractivity contribution is 0.406. The van der Waals surface area contributed by atoms with E-state index >= 15 is 0 Å². The third kappa shape index (κ3) is 3.90. The molecule has 2 aromatic rings. The Hall–Kier alpha value is -1.25. The molecule has 1 aliphatic carbocycles. The Morgan fingerprint density at radius 1 is 0.905 bits per heavy atom. The van der Waals surface area contributed by atoms with Crippen LogP contribution in [0.1, 0.15) is 36.3 Å². The summed E-state index contributed by atoms with van der Waals surface area (Å²) in [6.07, 6.45) is 3.59. The Morgan fingerprint density at radius 3 is 2.29 bits per heavy atom. The van der Waals surface area contributed by atoms with Gasteiger partial charge in [0, 0.05) is 17.0 Å². The van der Waals surface area contributed by atoms with E-state index in [4.69, 9.17) is 5.73 Å². The minimum Gasteiger partial charge on any atom is -0.327 e. The van der Waals surface area contributed by atoms with Crippen molar-refractivity contribution in [1.29, 1.82) is 0 Å². The maximum Gasteiger partial charge on any atom is 0.0208 e. The van der Waals surface area contributed by atoms with Crippen molar-refractivity contribution in [3.05, 3.63) is 71.8 Å². The zero-order chi connectivity index (χ0) is 14.5. The first-order chi connectivity index (χ1) is 10.3. The molecule has 0 amide bonds. The average Bonchev–Trinajstić information content (AvgIpc) is 2.56. The van der Waals surface area contributed by atoms with Crippen molar-refractivity contribution < 1.29 is 0 Å². The van der Waals surface area contributed by atoms with Crippen LogP contribution in [0, 0.1) is 0 Å². The van der Waals surface area contributed by atoms with Gasteiger partial charge < -0.3 is 5.73 Å². The van der Waals surface area contributed by atoms with E-state index in [0.717, 1.165) is 12.2 Å². The van der Waals surface area contributed by atoms with Gasteiger partial charge in [-0.2, -0.15) is 11.8 Å². The zero-order valence-corrected chi connectivity index (χ0v) is 13.1. The van der Waals surface area contributed by atoms with Crippen molar-refractivity contribution >= 4 is 11.8 Å². The molecular weight excluding hydrogens is 274 g/mol. The average molecular weight is 297 g/mol. The summed E-state index contributed by atoms with van der Waals surface area (Å²) in [7, 11) is 0. The molecule has 1 aliphatic rings. The standard InChI is InChI=1S/C19H23NS/c20-18-12-11-17(16-9-5-2-6-10-16)13-19(18)21-14-15-7-3-1-4-8-15/h1-10,17-19H,11-14,20H2. The van der Waals surface area contributed by atoms with Crippen LogP contribution in [0.15, 0.2) is 60.7 Å². The van der Waals surface area contributed by atoms with Gasteiger partial charge in [-0.05, 0) is 36.3 Å². The van der Waals surface area contributed by atoms with Crippen molar-refractivity contribution in [3.63, 3.8) is 0 Å². The summed E-state index contributed by atoms with van der Waals surface area (Å²) < 4.78 is 0. The summed E-state index contributed by atoms with van der Waals surface area (Å²) in [5.74, 6) is 1.75. The molecule has 2 aromatic carbocycles. The lowest BCUT2D eigenvalue weighted by Gasteiger charge is -2.34. The van der Waals surface area contributed by atoms with Crippen molar-refractivity contribution in [3.8, 4) is 0 Å². The van der Waals surface area contributed by atoms with Gasteiger partial charge in [-0.3, -0.25) is 0 Å². The molecule has 0 aromatic heterocycles. The van der Waals surface area contributed by atoms with Crippen molar-refractivity contribution in [2.45, 2.75) is 42.2 Å². The van der Waals surface area contributed by atoms with Gasteiger partial charge in [0.25, 0.3) is 0 Å². The second-order valence-electron chi connectivity index (χ2n) is 5.92. The highest BCUT2D eigenvalue weighted by Gasteiger charge is 2.29. The van der Waals surface area contributed by atoms with E-state index in [-0.39, 0.29) is 0 Å². The molecule has 21 heavy (non-hydrogen) atoms. The van der Waals surface area contributed by atoms with Crippen molar-refractivity contribution in [2.24, 2.45) is 5.73 Å². The van der Waals surface area contributed by atoms with Crippen LogP contribution in [-0.2, 0) is 5.75 Å². The fourth-order valence-corrected chi connectivity index (χ4v) is 4.50. The Labute approximate surface area is 132 Å².